The minimum atomic E-state index is -3.49. The van der Waals surface area contributed by atoms with Gasteiger partial charge in [0.2, 0.25) is 10.0 Å². The van der Waals surface area contributed by atoms with Crippen molar-refractivity contribution in [1.29, 1.82) is 0 Å². The summed E-state index contributed by atoms with van der Waals surface area (Å²) in [5, 5.41) is 12.9. The second-order valence-electron chi connectivity index (χ2n) is 4.32. The van der Waals surface area contributed by atoms with Crippen molar-refractivity contribution < 1.29 is 13.5 Å². The molecule has 2 aromatic rings. The first-order valence-electron chi connectivity index (χ1n) is 5.85. The quantitative estimate of drug-likeness (QED) is 0.943. The Labute approximate surface area is 120 Å². The fourth-order valence-corrected chi connectivity index (χ4v) is 5.82. The van der Waals surface area contributed by atoms with Gasteiger partial charge >= 0.3 is 0 Å². The van der Waals surface area contributed by atoms with E-state index in [1.165, 1.54) is 20.5 Å². The second-order valence-corrected chi connectivity index (χ2v) is 8.23. The lowest BCUT2D eigenvalue weighted by molar-refractivity contribution is 0.282. The molecule has 2 aromatic heterocycles. The normalized spacial score (nSPS) is 16.5. The molecule has 0 bridgehead atoms. The van der Waals surface area contributed by atoms with Crippen molar-refractivity contribution in [3.8, 4) is 0 Å². The Morgan fingerprint density at radius 3 is 2.84 bits per heavy atom. The van der Waals surface area contributed by atoms with E-state index in [4.69, 9.17) is 0 Å². The van der Waals surface area contributed by atoms with E-state index in [0.29, 0.717) is 18.0 Å². The van der Waals surface area contributed by atoms with Crippen LogP contribution in [-0.2, 0) is 29.6 Å². The zero-order chi connectivity index (χ0) is 13.5. The lowest BCUT2D eigenvalue weighted by Gasteiger charge is -2.26. The van der Waals surface area contributed by atoms with Gasteiger partial charge in [0, 0.05) is 22.8 Å². The highest BCUT2D eigenvalue weighted by molar-refractivity contribution is 7.89. The average Bonchev–Trinajstić information content (AvgIpc) is 3.06. The van der Waals surface area contributed by atoms with Gasteiger partial charge in [-0.3, -0.25) is 0 Å². The highest BCUT2D eigenvalue weighted by Crippen LogP contribution is 2.30. The predicted octanol–water partition coefficient (Wildman–Crippen LogP) is 2.05. The molecule has 19 heavy (non-hydrogen) atoms. The Morgan fingerprint density at radius 2 is 2.05 bits per heavy atom. The molecule has 0 amide bonds. The first kappa shape index (κ1) is 13.3. The topological polar surface area (TPSA) is 57.6 Å². The summed E-state index contributed by atoms with van der Waals surface area (Å²) in [5.74, 6) is 0. The summed E-state index contributed by atoms with van der Waals surface area (Å²) in [6.07, 6.45) is 0.769. The molecule has 0 spiro atoms. The van der Waals surface area contributed by atoms with E-state index in [1.807, 2.05) is 11.4 Å². The van der Waals surface area contributed by atoms with E-state index in [1.54, 1.807) is 22.8 Å². The molecule has 0 saturated carbocycles. The zero-order valence-corrected chi connectivity index (χ0v) is 12.5. The number of fused-ring (bicyclic) bond motifs is 1. The van der Waals surface area contributed by atoms with Crippen LogP contribution >= 0.6 is 22.7 Å². The standard InChI is InChI=1S/C12H13NO3S3/c14-8-11-12(3-6-18-11)19(15,16)13-4-1-10-9(7-13)2-5-17-10/h2-3,5-6,14H,1,4,7-8H2. The highest BCUT2D eigenvalue weighted by Gasteiger charge is 2.30. The maximum Gasteiger partial charge on any atom is 0.244 e. The predicted molar refractivity (Wildman–Crippen MR) is 75.9 cm³/mol. The largest absolute Gasteiger partial charge is 0.391 e. The van der Waals surface area contributed by atoms with Gasteiger partial charge in [-0.15, -0.1) is 22.7 Å². The summed E-state index contributed by atoms with van der Waals surface area (Å²) in [5.41, 5.74) is 1.10. The minimum Gasteiger partial charge on any atom is -0.391 e. The minimum absolute atomic E-state index is 0.232. The number of rotatable bonds is 3. The van der Waals surface area contributed by atoms with Gasteiger partial charge in [0.1, 0.15) is 0 Å². The third kappa shape index (κ3) is 2.25. The zero-order valence-electron chi connectivity index (χ0n) is 10.1. The lowest BCUT2D eigenvalue weighted by atomic mass is 10.1. The second kappa shape index (κ2) is 4.99. The molecular formula is C12H13NO3S3. The van der Waals surface area contributed by atoms with Crippen LogP contribution < -0.4 is 0 Å². The van der Waals surface area contributed by atoms with E-state index < -0.39 is 10.0 Å². The average molecular weight is 315 g/mol. The maximum atomic E-state index is 12.6. The van der Waals surface area contributed by atoms with Crippen LogP contribution in [0, 0.1) is 0 Å². The van der Waals surface area contributed by atoms with Gasteiger partial charge in [0.15, 0.2) is 0 Å². The third-order valence-corrected chi connectivity index (χ3v) is 7.23. The van der Waals surface area contributed by atoms with Crippen molar-refractivity contribution in [3.05, 3.63) is 38.2 Å². The fraction of sp³-hybridized carbons (Fsp3) is 0.333. The van der Waals surface area contributed by atoms with Crippen LogP contribution in [0.15, 0.2) is 27.8 Å². The van der Waals surface area contributed by atoms with Gasteiger partial charge in [-0.1, -0.05) is 0 Å². The Hall–Kier alpha value is -0.730. The van der Waals surface area contributed by atoms with Crippen molar-refractivity contribution in [2.24, 2.45) is 0 Å². The van der Waals surface area contributed by atoms with Crippen LogP contribution in [0.4, 0.5) is 0 Å². The summed E-state index contributed by atoms with van der Waals surface area (Å²) >= 11 is 2.96. The molecule has 0 fully saturated rings. The molecule has 102 valence electrons. The van der Waals surface area contributed by atoms with Gasteiger partial charge in [-0.2, -0.15) is 4.31 Å². The van der Waals surface area contributed by atoms with Gasteiger partial charge in [0.05, 0.1) is 11.5 Å². The van der Waals surface area contributed by atoms with Crippen molar-refractivity contribution in [2.45, 2.75) is 24.5 Å². The van der Waals surface area contributed by atoms with E-state index in [9.17, 15) is 13.5 Å². The maximum absolute atomic E-state index is 12.6. The molecule has 0 saturated heterocycles. The van der Waals surface area contributed by atoms with Crippen molar-refractivity contribution >= 4 is 32.7 Å². The number of aliphatic hydroxyl groups is 1. The smallest absolute Gasteiger partial charge is 0.244 e. The van der Waals surface area contributed by atoms with Gasteiger partial charge < -0.3 is 5.11 Å². The molecule has 7 heteroatoms. The molecular weight excluding hydrogens is 302 g/mol. The Bertz CT molecular complexity index is 687. The van der Waals surface area contributed by atoms with Gasteiger partial charge in [-0.05, 0) is 34.9 Å². The summed E-state index contributed by atoms with van der Waals surface area (Å²) in [4.78, 5) is 2.04. The van der Waals surface area contributed by atoms with Crippen molar-refractivity contribution in [1.82, 2.24) is 4.31 Å². The summed E-state index contributed by atoms with van der Waals surface area (Å²) < 4.78 is 26.7. The number of hydrogen-bond donors (Lipinski definition) is 1. The number of aliphatic hydroxyl groups excluding tert-OH is 1. The number of sulfonamides is 1. The summed E-state index contributed by atoms with van der Waals surface area (Å²) in [6.45, 7) is 0.711. The SMILES string of the molecule is O=S(=O)(c1ccsc1CO)N1CCc2sccc2C1. The third-order valence-electron chi connectivity index (χ3n) is 3.24. The van der Waals surface area contributed by atoms with E-state index >= 15 is 0 Å². The Kier molecular flexibility index (Phi) is 3.48. The van der Waals surface area contributed by atoms with E-state index in [0.717, 1.165) is 12.0 Å². The van der Waals surface area contributed by atoms with Gasteiger partial charge in [-0.25, -0.2) is 8.42 Å². The first-order valence-corrected chi connectivity index (χ1v) is 9.05. The molecule has 0 aromatic carbocycles. The molecule has 4 nitrogen and oxygen atoms in total. The van der Waals surface area contributed by atoms with Crippen LogP contribution in [0.1, 0.15) is 15.3 Å². The van der Waals surface area contributed by atoms with E-state index in [-0.39, 0.29) is 11.5 Å². The first-order chi connectivity index (χ1) is 9.13. The summed E-state index contributed by atoms with van der Waals surface area (Å²) in [6, 6.07) is 3.57. The molecule has 1 aliphatic heterocycles. The van der Waals surface area contributed by atoms with Crippen LogP contribution in [0.25, 0.3) is 0 Å². The Morgan fingerprint density at radius 1 is 1.26 bits per heavy atom. The molecule has 0 aliphatic carbocycles. The monoisotopic (exact) mass is 315 g/mol. The highest BCUT2D eigenvalue weighted by atomic mass is 32.2. The van der Waals surface area contributed by atoms with Gasteiger partial charge in [0.25, 0.3) is 0 Å². The molecule has 0 atom stereocenters. The molecule has 0 radical (unpaired) electrons. The molecule has 3 heterocycles. The molecule has 0 unspecified atom stereocenters. The number of thiophene rings is 2. The molecule has 1 aliphatic rings. The summed E-state index contributed by atoms with van der Waals surface area (Å²) in [7, 11) is -3.49. The fourth-order valence-electron chi connectivity index (χ4n) is 2.24. The van der Waals surface area contributed by atoms with Crippen molar-refractivity contribution in [2.75, 3.05) is 6.54 Å². The van der Waals surface area contributed by atoms with Crippen LogP contribution in [0.2, 0.25) is 0 Å². The molecule has 1 N–H and O–H groups in total. The molecule has 3 rings (SSSR count). The van der Waals surface area contributed by atoms with Crippen molar-refractivity contribution in [3.63, 3.8) is 0 Å². The van der Waals surface area contributed by atoms with E-state index in [2.05, 4.69) is 0 Å². The lowest BCUT2D eigenvalue weighted by Crippen LogP contribution is -2.35. The van der Waals surface area contributed by atoms with Crippen LogP contribution in [-0.4, -0.2) is 24.4 Å². The number of nitrogens with zero attached hydrogens (tertiary/aromatic N) is 1. The Balaban J connectivity index is 1.94. The van der Waals surface area contributed by atoms with Crippen LogP contribution in [0.5, 0.6) is 0 Å². The van der Waals surface area contributed by atoms with Crippen LogP contribution in [0.3, 0.4) is 0 Å². The number of hydrogen-bond acceptors (Lipinski definition) is 5.